The molecule has 0 saturated carbocycles. The lowest BCUT2D eigenvalue weighted by molar-refractivity contribution is -0.127. The molecule has 0 heterocycles. The van der Waals surface area contributed by atoms with E-state index in [1.165, 1.54) is 16.0 Å². The second-order valence-electron chi connectivity index (χ2n) is 5.44. The number of nitrogens with one attached hydrogen (secondary N) is 1. The summed E-state index contributed by atoms with van der Waals surface area (Å²) < 4.78 is 0. The molecule has 1 N–H and O–H groups in total. The average Bonchev–Trinajstić information content (AvgIpc) is 2.49. The van der Waals surface area contributed by atoms with Gasteiger partial charge in [0.2, 0.25) is 5.91 Å². The van der Waals surface area contributed by atoms with Crippen LogP contribution in [0.1, 0.15) is 11.1 Å². The predicted octanol–water partition coefficient (Wildman–Crippen LogP) is 2.26. The topological polar surface area (TPSA) is 47.9 Å². The fourth-order valence-electron chi connectivity index (χ4n) is 1.80. The number of carbonyl (C=O) groups excluding carboxylic acids is 1. The number of halogens is 1. The van der Waals surface area contributed by atoms with Crippen LogP contribution in [0.4, 0.5) is 0 Å². The molecule has 0 aliphatic rings. The molecule has 0 unspecified atom stereocenters. The Morgan fingerprint density at radius 2 is 1.87 bits per heavy atom. The number of guanidine groups is 1. The molecule has 0 aliphatic carbocycles. The third-order valence-corrected chi connectivity index (χ3v) is 3.17. The first-order valence-corrected chi connectivity index (χ1v) is 7.30. The van der Waals surface area contributed by atoms with Gasteiger partial charge in [0, 0.05) is 34.2 Å². The molecule has 0 fully saturated rings. The predicted molar refractivity (Wildman–Crippen MR) is 107 cm³/mol. The monoisotopic (exact) mass is 430 g/mol. The number of benzene rings is 1. The van der Waals surface area contributed by atoms with Gasteiger partial charge in [-0.2, -0.15) is 0 Å². The highest BCUT2D eigenvalue weighted by molar-refractivity contribution is 14.0. The molecular formula is C17H27IN4O. The maximum absolute atomic E-state index is 11.7. The van der Waals surface area contributed by atoms with E-state index >= 15 is 0 Å². The Morgan fingerprint density at radius 3 is 2.39 bits per heavy atom. The van der Waals surface area contributed by atoms with Gasteiger partial charge in [-0.3, -0.25) is 4.79 Å². The number of amides is 1. The van der Waals surface area contributed by atoms with Crippen molar-refractivity contribution in [3.05, 3.63) is 48.0 Å². The van der Waals surface area contributed by atoms with Crippen LogP contribution in [-0.4, -0.2) is 55.9 Å². The summed E-state index contributed by atoms with van der Waals surface area (Å²) in [6.45, 7) is 7.22. The smallest absolute Gasteiger partial charge is 0.243 e. The third kappa shape index (κ3) is 8.01. The summed E-state index contributed by atoms with van der Waals surface area (Å²) in [5.41, 5.74) is 2.43. The van der Waals surface area contributed by atoms with Crippen molar-refractivity contribution < 1.29 is 4.79 Å². The van der Waals surface area contributed by atoms with Gasteiger partial charge in [-0.15, -0.1) is 30.6 Å². The number of aryl methyl sites for hydroxylation is 1. The number of hydrogen-bond donors (Lipinski definition) is 1. The molecular weight excluding hydrogens is 403 g/mol. The number of likely N-dealkylation sites (N-methyl/N-ethyl adjacent to an activating group) is 1. The van der Waals surface area contributed by atoms with Crippen LogP contribution in [0.5, 0.6) is 0 Å². The minimum absolute atomic E-state index is 0. The van der Waals surface area contributed by atoms with Crippen molar-refractivity contribution in [1.82, 2.24) is 15.1 Å². The highest BCUT2D eigenvalue weighted by Gasteiger charge is 2.09. The van der Waals surface area contributed by atoms with Crippen molar-refractivity contribution in [2.75, 3.05) is 34.2 Å². The van der Waals surface area contributed by atoms with E-state index in [0.29, 0.717) is 12.5 Å². The lowest BCUT2D eigenvalue weighted by Gasteiger charge is -2.22. The highest BCUT2D eigenvalue weighted by Crippen LogP contribution is 2.06. The van der Waals surface area contributed by atoms with E-state index in [2.05, 4.69) is 48.1 Å². The molecule has 5 nitrogen and oxygen atoms in total. The molecule has 1 amide bonds. The first-order valence-electron chi connectivity index (χ1n) is 7.30. The second kappa shape index (κ2) is 11.0. The lowest BCUT2D eigenvalue weighted by atomic mass is 10.1. The van der Waals surface area contributed by atoms with E-state index in [-0.39, 0.29) is 36.4 Å². The van der Waals surface area contributed by atoms with Crippen LogP contribution >= 0.6 is 24.0 Å². The van der Waals surface area contributed by atoms with E-state index in [1.54, 1.807) is 20.2 Å². The normalized spacial score (nSPS) is 10.5. The SMILES string of the molecule is C=CCNC(=NCC(=O)N(C)C)N(C)Cc1ccc(C)cc1.I. The van der Waals surface area contributed by atoms with Crippen molar-refractivity contribution in [3.63, 3.8) is 0 Å². The maximum Gasteiger partial charge on any atom is 0.243 e. The average molecular weight is 430 g/mol. The van der Waals surface area contributed by atoms with Gasteiger partial charge >= 0.3 is 0 Å². The van der Waals surface area contributed by atoms with Gasteiger partial charge in [-0.25, -0.2) is 4.99 Å². The first kappa shape index (κ1) is 21.4. The summed E-state index contributed by atoms with van der Waals surface area (Å²) in [6, 6.07) is 8.38. The van der Waals surface area contributed by atoms with Crippen LogP contribution in [0.15, 0.2) is 41.9 Å². The fraction of sp³-hybridized carbons (Fsp3) is 0.412. The standard InChI is InChI=1S/C17H26N4O.HI/c1-6-11-18-17(19-12-16(22)20(3)4)21(5)13-15-9-7-14(2)8-10-15;/h6-10H,1,11-13H2,2-5H3,(H,18,19);1H. The molecule has 1 rings (SSSR count). The number of hydrogen-bond acceptors (Lipinski definition) is 2. The molecule has 0 saturated heterocycles. The minimum Gasteiger partial charge on any atom is -0.353 e. The third-order valence-electron chi connectivity index (χ3n) is 3.17. The summed E-state index contributed by atoms with van der Waals surface area (Å²) in [6.07, 6.45) is 1.77. The molecule has 1 aromatic rings. The summed E-state index contributed by atoms with van der Waals surface area (Å²) in [4.78, 5) is 19.6. The van der Waals surface area contributed by atoms with E-state index in [4.69, 9.17) is 0 Å². The minimum atomic E-state index is -0.0263. The van der Waals surface area contributed by atoms with Crippen LogP contribution in [0.25, 0.3) is 0 Å². The quantitative estimate of drug-likeness (QED) is 0.326. The maximum atomic E-state index is 11.7. The summed E-state index contributed by atoms with van der Waals surface area (Å²) in [7, 11) is 5.41. The lowest BCUT2D eigenvalue weighted by Crippen LogP contribution is -2.39. The second-order valence-corrected chi connectivity index (χ2v) is 5.44. The molecule has 0 bridgehead atoms. The Bertz CT molecular complexity index is 526. The molecule has 1 aromatic carbocycles. The molecule has 0 radical (unpaired) electrons. The number of aliphatic imine (C=N–C) groups is 1. The number of nitrogens with zero attached hydrogens (tertiary/aromatic N) is 3. The zero-order valence-electron chi connectivity index (χ0n) is 14.4. The van der Waals surface area contributed by atoms with Crippen LogP contribution in [0, 0.1) is 6.92 Å². The van der Waals surface area contributed by atoms with Gasteiger partial charge in [-0.1, -0.05) is 35.9 Å². The van der Waals surface area contributed by atoms with Gasteiger partial charge in [0.1, 0.15) is 6.54 Å². The molecule has 23 heavy (non-hydrogen) atoms. The summed E-state index contributed by atoms with van der Waals surface area (Å²) in [5.74, 6) is 0.664. The Balaban J connectivity index is 0.00000484. The molecule has 0 atom stereocenters. The Labute approximate surface area is 156 Å². The van der Waals surface area contributed by atoms with E-state index < -0.39 is 0 Å². The zero-order chi connectivity index (χ0) is 16.5. The van der Waals surface area contributed by atoms with Crippen molar-refractivity contribution >= 4 is 35.8 Å². The first-order chi connectivity index (χ1) is 10.4. The van der Waals surface area contributed by atoms with Gasteiger partial charge in [-0.05, 0) is 12.5 Å². The van der Waals surface area contributed by atoms with Crippen LogP contribution in [0.3, 0.4) is 0 Å². The zero-order valence-corrected chi connectivity index (χ0v) is 16.7. The fourth-order valence-corrected chi connectivity index (χ4v) is 1.80. The van der Waals surface area contributed by atoms with Crippen molar-refractivity contribution in [1.29, 1.82) is 0 Å². The highest BCUT2D eigenvalue weighted by atomic mass is 127. The number of carbonyl (C=O) groups is 1. The van der Waals surface area contributed by atoms with E-state index in [9.17, 15) is 4.79 Å². The Kier molecular flexibility index (Phi) is 10.3. The molecule has 0 spiro atoms. The van der Waals surface area contributed by atoms with Crippen LogP contribution in [0.2, 0.25) is 0 Å². The Morgan fingerprint density at radius 1 is 1.26 bits per heavy atom. The van der Waals surface area contributed by atoms with Gasteiger partial charge in [0.25, 0.3) is 0 Å². The molecule has 0 aliphatic heterocycles. The van der Waals surface area contributed by atoms with Crippen molar-refractivity contribution in [2.24, 2.45) is 4.99 Å². The van der Waals surface area contributed by atoms with Gasteiger partial charge in [0.15, 0.2) is 5.96 Å². The Hall–Kier alpha value is -1.57. The van der Waals surface area contributed by atoms with Gasteiger partial charge < -0.3 is 15.1 Å². The number of rotatable bonds is 6. The van der Waals surface area contributed by atoms with Crippen molar-refractivity contribution in [2.45, 2.75) is 13.5 Å². The molecule has 0 aromatic heterocycles. The van der Waals surface area contributed by atoms with Crippen LogP contribution < -0.4 is 5.32 Å². The van der Waals surface area contributed by atoms with Crippen molar-refractivity contribution in [3.8, 4) is 0 Å². The van der Waals surface area contributed by atoms with Crippen LogP contribution in [-0.2, 0) is 11.3 Å². The van der Waals surface area contributed by atoms with Gasteiger partial charge in [0.05, 0.1) is 0 Å². The molecule has 6 heteroatoms. The largest absolute Gasteiger partial charge is 0.353 e. The summed E-state index contributed by atoms with van der Waals surface area (Å²) in [5, 5.41) is 3.18. The summed E-state index contributed by atoms with van der Waals surface area (Å²) >= 11 is 0. The molecule has 128 valence electrons. The van der Waals surface area contributed by atoms with E-state index in [1.807, 2.05) is 11.9 Å². The van der Waals surface area contributed by atoms with E-state index in [0.717, 1.165) is 6.54 Å².